The third-order valence-corrected chi connectivity index (χ3v) is 2.15. The Balaban J connectivity index is 3.20. The molecule has 0 radical (unpaired) electrons. The zero-order chi connectivity index (χ0) is 12.3. The van der Waals surface area contributed by atoms with Crippen LogP contribution >= 0.6 is 0 Å². The summed E-state index contributed by atoms with van der Waals surface area (Å²) in [5.41, 5.74) is 1.51. The van der Waals surface area contributed by atoms with Gasteiger partial charge < -0.3 is 5.11 Å². The lowest BCUT2D eigenvalue weighted by atomic mass is 10.0. The first-order chi connectivity index (χ1) is 7.45. The average molecular weight is 230 g/mol. The van der Waals surface area contributed by atoms with Crippen LogP contribution in [-0.4, -0.2) is 10.3 Å². The third-order valence-electron chi connectivity index (χ3n) is 2.15. The molecule has 0 amide bonds. The van der Waals surface area contributed by atoms with Crippen molar-refractivity contribution >= 4 is 5.69 Å². The van der Waals surface area contributed by atoms with E-state index in [9.17, 15) is 13.9 Å². The Morgan fingerprint density at radius 1 is 1.50 bits per heavy atom. The van der Waals surface area contributed by atoms with Gasteiger partial charge in [0.25, 0.3) is 6.43 Å². The quantitative estimate of drug-likeness (QED) is 0.321. The molecule has 0 saturated carbocycles. The number of quaternary nitrogens is 1. The largest absolute Gasteiger partial charge is 0.508 e. The molecule has 5 heteroatoms. The van der Waals surface area contributed by atoms with Crippen molar-refractivity contribution in [1.29, 1.82) is 0 Å². The van der Waals surface area contributed by atoms with Crippen LogP contribution in [0.4, 0.5) is 14.5 Å². The van der Waals surface area contributed by atoms with Gasteiger partial charge in [0.05, 0.1) is 5.56 Å². The predicted molar refractivity (Wildman–Crippen MR) is 55.0 cm³/mol. The lowest BCUT2D eigenvalue weighted by Crippen LogP contribution is -2.74. The summed E-state index contributed by atoms with van der Waals surface area (Å²) in [6.45, 7) is 5.44. The Kier molecular flexibility index (Phi) is 3.98. The number of alkyl halides is 2. The van der Waals surface area contributed by atoms with Crippen molar-refractivity contribution in [1.82, 2.24) is 0 Å². The molecular weight excluding hydrogens is 216 g/mol. The Bertz CT molecular complexity index is 405. The van der Waals surface area contributed by atoms with Crippen molar-refractivity contribution in [3.8, 4) is 5.75 Å². The molecule has 0 saturated heterocycles. The summed E-state index contributed by atoms with van der Waals surface area (Å²) >= 11 is 0. The van der Waals surface area contributed by atoms with Gasteiger partial charge >= 0.3 is 0 Å². The van der Waals surface area contributed by atoms with E-state index in [1.54, 1.807) is 6.92 Å². The van der Waals surface area contributed by atoms with Crippen molar-refractivity contribution in [3.63, 3.8) is 0 Å². The summed E-state index contributed by atoms with van der Waals surface area (Å²) in [5.74, 6) is -0.205. The highest BCUT2D eigenvalue weighted by atomic mass is 19.3. The van der Waals surface area contributed by atoms with Gasteiger partial charge in [-0.05, 0) is 19.4 Å². The van der Waals surface area contributed by atoms with Crippen LogP contribution in [0.3, 0.4) is 0 Å². The zero-order valence-electron chi connectivity index (χ0n) is 8.87. The van der Waals surface area contributed by atoms with Crippen LogP contribution in [0.2, 0.25) is 0 Å². The van der Waals surface area contributed by atoms with Crippen LogP contribution in [0.15, 0.2) is 24.3 Å². The van der Waals surface area contributed by atoms with Crippen LogP contribution in [0.1, 0.15) is 24.5 Å². The molecule has 0 bridgehead atoms. The highest BCUT2D eigenvalue weighted by Crippen LogP contribution is 2.31. The topological polar surface area (TPSA) is 57.1 Å². The molecule has 0 spiro atoms. The Hall–Kier alpha value is -1.46. The van der Waals surface area contributed by atoms with Crippen LogP contribution < -0.4 is 5.48 Å². The van der Waals surface area contributed by atoms with E-state index in [1.807, 2.05) is 0 Å². The Morgan fingerprint density at radius 2 is 2.12 bits per heavy atom. The lowest BCUT2D eigenvalue weighted by molar-refractivity contribution is -0.826. The summed E-state index contributed by atoms with van der Waals surface area (Å²) in [6, 6.07) is 2.32. The second kappa shape index (κ2) is 5.05. The van der Waals surface area contributed by atoms with E-state index in [2.05, 4.69) is 6.58 Å². The second-order valence-electron chi connectivity index (χ2n) is 3.67. The minimum Gasteiger partial charge on any atom is -0.508 e. The van der Waals surface area contributed by atoms with Crippen molar-refractivity contribution < 1.29 is 24.6 Å². The molecule has 1 aromatic rings. The van der Waals surface area contributed by atoms with Gasteiger partial charge in [0.1, 0.15) is 5.75 Å². The van der Waals surface area contributed by atoms with Crippen molar-refractivity contribution in [2.75, 3.05) is 0 Å². The number of nitrogens with two attached hydrogens (primary N) is 1. The second-order valence-corrected chi connectivity index (χ2v) is 3.67. The summed E-state index contributed by atoms with van der Waals surface area (Å²) < 4.78 is 25.1. The normalized spacial score (nSPS) is 10.8. The summed E-state index contributed by atoms with van der Waals surface area (Å²) in [7, 11) is 0. The van der Waals surface area contributed by atoms with Crippen LogP contribution in [0.25, 0.3) is 0 Å². The molecule has 4 N–H and O–H groups in total. The molecule has 3 nitrogen and oxygen atoms in total. The minimum atomic E-state index is -2.73. The molecule has 1 aromatic carbocycles. The average Bonchev–Trinajstić information content (AvgIpc) is 2.19. The number of allylic oxidation sites excluding steroid dienone is 1. The van der Waals surface area contributed by atoms with E-state index in [1.165, 1.54) is 6.07 Å². The fourth-order valence-corrected chi connectivity index (χ4v) is 1.44. The van der Waals surface area contributed by atoms with Gasteiger partial charge in [-0.25, -0.2) is 14.0 Å². The van der Waals surface area contributed by atoms with E-state index in [-0.39, 0.29) is 17.0 Å². The highest BCUT2D eigenvalue weighted by molar-refractivity contribution is 5.50. The van der Waals surface area contributed by atoms with E-state index in [0.717, 1.165) is 11.6 Å². The van der Waals surface area contributed by atoms with Crippen LogP contribution in [-0.2, 0) is 6.42 Å². The molecule has 88 valence electrons. The number of halogens is 2. The van der Waals surface area contributed by atoms with Gasteiger partial charge in [0, 0.05) is 11.6 Å². The van der Waals surface area contributed by atoms with Gasteiger partial charge in [-0.15, -0.1) is 0 Å². The van der Waals surface area contributed by atoms with Gasteiger partial charge in [-0.2, -0.15) is 5.48 Å². The molecule has 16 heavy (non-hydrogen) atoms. The van der Waals surface area contributed by atoms with E-state index in [4.69, 9.17) is 5.21 Å². The van der Waals surface area contributed by atoms with Gasteiger partial charge in [-0.1, -0.05) is 12.2 Å². The molecule has 0 aliphatic carbocycles. The first kappa shape index (κ1) is 12.6. The van der Waals surface area contributed by atoms with Gasteiger partial charge in [0.2, 0.25) is 0 Å². The molecule has 0 heterocycles. The monoisotopic (exact) mass is 230 g/mol. The fraction of sp³-hybridized carbons (Fsp3) is 0.273. The fourth-order valence-electron chi connectivity index (χ4n) is 1.44. The summed E-state index contributed by atoms with van der Waals surface area (Å²) in [4.78, 5) is 0. The molecule has 0 aliphatic heterocycles. The smallest absolute Gasteiger partial charge is 0.269 e. The number of rotatable bonds is 4. The molecular formula is C11H14F2NO2+. The Morgan fingerprint density at radius 3 is 2.56 bits per heavy atom. The van der Waals surface area contributed by atoms with Crippen molar-refractivity contribution in [2.45, 2.75) is 19.8 Å². The number of hydrogen-bond donors (Lipinski definition) is 3. The minimum absolute atomic E-state index is 0.0176. The maximum atomic E-state index is 12.5. The van der Waals surface area contributed by atoms with E-state index >= 15 is 0 Å². The number of phenols is 1. The van der Waals surface area contributed by atoms with Crippen LogP contribution in [0, 0.1) is 0 Å². The number of phenolic OH excluding ortho intramolecular Hbond substituents is 1. The first-order valence-corrected chi connectivity index (χ1v) is 4.71. The number of benzene rings is 1. The molecule has 0 unspecified atom stereocenters. The first-order valence-electron chi connectivity index (χ1n) is 4.71. The summed E-state index contributed by atoms with van der Waals surface area (Å²) in [5, 5.41) is 18.4. The molecule has 0 atom stereocenters. The maximum absolute atomic E-state index is 12.5. The van der Waals surface area contributed by atoms with E-state index < -0.39 is 6.43 Å². The maximum Gasteiger partial charge on any atom is 0.269 e. The number of aromatic hydroxyl groups is 1. The standard InChI is InChI=1S/C11H13F2NO2/c1-6(2)3-7-4-9(14-16)8(11(12)13)5-10(7)15/h4-5,11,14-16H,1,3H2,2H3/p+1. The Labute approximate surface area is 92.0 Å². The third kappa shape index (κ3) is 2.77. The predicted octanol–water partition coefficient (Wildman–Crippen LogP) is 2.03. The number of hydrogen-bond acceptors (Lipinski definition) is 2. The molecule has 0 aromatic heterocycles. The SMILES string of the molecule is C=C(C)Cc1cc([NH2+]O)c(C(F)F)cc1O. The molecule has 0 fully saturated rings. The lowest BCUT2D eigenvalue weighted by Gasteiger charge is -2.09. The van der Waals surface area contributed by atoms with E-state index in [0.29, 0.717) is 17.5 Å². The highest BCUT2D eigenvalue weighted by Gasteiger charge is 2.19. The molecule has 0 aliphatic rings. The van der Waals surface area contributed by atoms with Crippen molar-refractivity contribution in [2.24, 2.45) is 0 Å². The van der Waals surface area contributed by atoms with Gasteiger partial charge in [-0.3, -0.25) is 0 Å². The summed E-state index contributed by atoms with van der Waals surface area (Å²) in [6.07, 6.45) is -2.35. The van der Waals surface area contributed by atoms with Crippen molar-refractivity contribution in [3.05, 3.63) is 35.4 Å². The van der Waals surface area contributed by atoms with Gasteiger partial charge in [0.15, 0.2) is 5.69 Å². The zero-order valence-corrected chi connectivity index (χ0v) is 8.87. The van der Waals surface area contributed by atoms with Crippen LogP contribution in [0.5, 0.6) is 5.75 Å². The molecule has 1 rings (SSSR count).